The lowest BCUT2D eigenvalue weighted by molar-refractivity contribution is -0.137. The van der Waals surface area contributed by atoms with Crippen LogP contribution in [0.5, 0.6) is 0 Å². The molecule has 116 valence electrons. The Morgan fingerprint density at radius 3 is 2.27 bits per heavy atom. The smallest absolute Gasteiger partial charge is 0.416 e. The van der Waals surface area contributed by atoms with E-state index in [1.807, 2.05) is 0 Å². The SMILES string of the molecule is CCOC(=O)c1cc(F)ccc1-c1ccc(C(F)(F)F)cc1. The van der Waals surface area contributed by atoms with E-state index in [9.17, 15) is 22.4 Å². The Morgan fingerprint density at radius 2 is 1.73 bits per heavy atom. The molecule has 0 spiro atoms. The highest BCUT2D eigenvalue weighted by atomic mass is 19.4. The van der Waals surface area contributed by atoms with Crippen LogP contribution in [0.4, 0.5) is 17.6 Å². The summed E-state index contributed by atoms with van der Waals surface area (Å²) in [5, 5.41) is 0. The first-order valence-corrected chi connectivity index (χ1v) is 6.47. The third kappa shape index (κ3) is 3.44. The molecule has 2 nitrogen and oxygen atoms in total. The molecule has 0 heterocycles. The number of ether oxygens (including phenoxy) is 1. The van der Waals surface area contributed by atoms with Crippen molar-refractivity contribution in [2.75, 3.05) is 6.61 Å². The van der Waals surface area contributed by atoms with E-state index in [1.165, 1.54) is 18.2 Å². The molecule has 0 aliphatic rings. The van der Waals surface area contributed by atoms with Crippen LogP contribution in [0.1, 0.15) is 22.8 Å². The molecule has 0 atom stereocenters. The van der Waals surface area contributed by atoms with E-state index in [-0.39, 0.29) is 12.2 Å². The Labute approximate surface area is 124 Å². The molecule has 0 N–H and O–H groups in total. The van der Waals surface area contributed by atoms with Crippen LogP contribution in [-0.4, -0.2) is 12.6 Å². The van der Waals surface area contributed by atoms with E-state index in [1.54, 1.807) is 6.92 Å². The van der Waals surface area contributed by atoms with Gasteiger partial charge in [-0.2, -0.15) is 13.2 Å². The highest BCUT2D eigenvalue weighted by Crippen LogP contribution is 2.32. The summed E-state index contributed by atoms with van der Waals surface area (Å²) in [6, 6.07) is 7.77. The van der Waals surface area contributed by atoms with E-state index < -0.39 is 23.5 Å². The molecular formula is C16H12F4O2. The van der Waals surface area contributed by atoms with Crippen molar-refractivity contribution in [2.45, 2.75) is 13.1 Å². The lowest BCUT2D eigenvalue weighted by Crippen LogP contribution is -2.07. The number of carbonyl (C=O) groups is 1. The van der Waals surface area contributed by atoms with E-state index in [2.05, 4.69) is 0 Å². The van der Waals surface area contributed by atoms with Crippen molar-refractivity contribution in [3.8, 4) is 11.1 Å². The first-order chi connectivity index (χ1) is 10.3. The zero-order chi connectivity index (χ0) is 16.3. The van der Waals surface area contributed by atoms with Gasteiger partial charge in [-0.1, -0.05) is 18.2 Å². The van der Waals surface area contributed by atoms with Crippen LogP contribution in [-0.2, 0) is 10.9 Å². The van der Waals surface area contributed by atoms with Crippen molar-refractivity contribution in [1.82, 2.24) is 0 Å². The number of hydrogen-bond acceptors (Lipinski definition) is 2. The number of esters is 1. The van der Waals surface area contributed by atoms with E-state index in [0.29, 0.717) is 11.1 Å². The summed E-state index contributed by atoms with van der Waals surface area (Å²) in [5.74, 6) is -1.35. The van der Waals surface area contributed by atoms with Crippen molar-refractivity contribution in [2.24, 2.45) is 0 Å². The lowest BCUT2D eigenvalue weighted by Gasteiger charge is -2.11. The predicted octanol–water partition coefficient (Wildman–Crippen LogP) is 4.69. The van der Waals surface area contributed by atoms with E-state index in [0.717, 1.165) is 24.3 Å². The molecule has 0 saturated heterocycles. The summed E-state index contributed by atoms with van der Waals surface area (Å²) >= 11 is 0. The summed E-state index contributed by atoms with van der Waals surface area (Å²) in [7, 11) is 0. The Hall–Kier alpha value is -2.37. The highest BCUT2D eigenvalue weighted by molar-refractivity contribution is 5.97. The maximum Gasteiger partial charge on any atom is 0.416 e. The molecule has 0 fully saturated rings. The summed E-state index contributed by atoms with van der Waals surface area (Å²) in [5.41, 5.74) is -0.137. The number of alkyl halides is 3. The Balaban J connectivity index is 2.46. The monoisotopic (exact) mass is 312 g/mol. The highest BCUT2D eigenvalue weighted by Gasteiger charge is 2.30. The van der Waals surface area contributed by atoms with Crippen LogP contribution in [0.15, 0.2) is 42.5 Å². The zero-order valence-corrected chi connectivity index (χ0v) is 11.6. The van der Waals surface area contributed by atoms with Gasteiger partial charge in [-0.15, -0.1) is 0 Å². The van der Waals surface area contributed by atoms with Crippen molar-refractivity contribution in [1.29, 1.82) is 0 Å². The molecule has 0 unspecified atom stereocenters. The number of hydrogen-bond donors (Lipinski definition) is 0. The van der Waals surface area contributed by atoms with Crippen LogP contribution in [0, 0.1) is 5.82 Å². The van der Waals surface area contributed by atoms with E-state index in [4.69, 9.17) is 4.74 Å². The van der Waals surface area contributed by atoms with Crippen LogP contribution in [0.3, 0.4) is 0 Å². The molecule has 2 rings (SSSR count). The number of carbonyl (C=O) groups excluding carboxylic acids is 1. The molecule has 2 aromatic carbocycles. The molecule has 0 radical (unpaired) electrons. The van der Waals surface area contributed by atoms with Gasteiger partial charge < -0.3 is 4.74 Å². The molecular weight excluding hydrogens is 300 g/mol. The predicted molar refractivity (Wildman–Crippen MR) is 72.8 cm³/mol. The van der Waals surface area contributed by atoms with Gasteiger partial charge in [-0.25, -0.2) is 9.18 Å². The van der Waals surface area contributed by atoms with Crippen LogP contribution < -0.4 is 0 Å². The fourth-order valence-electron chi connectivity index (χ4n) is 1.98. The Kier molecular flexibility index (Phi) is 4.49. The topological polar surface area (TPSA) is 26.3 Å². The van der Waals surface area contributed by atoms with Crippen molar-refractivity contribution < 1.29 is 27.1 Å². The molecule has 0 amide bonds. The van der Waals surface area contributed by atoms with Crippen LogP contribution >= 0.6 is 0 Å². The maximum absolute atomic E-state index is 13.3. The normalized spacial score (nSPS) is 11.3. The molecule has 6 heteroatoms. The minimum atomic E-state index is -4.44. The van der Waals surface area contributed by atoms with Crippen molar-refractivity contribution >= 4 is 5.97 Å². The Morgan fingerprint density at radius 1 is 1.09 bits per heavy atom. The molecule has 0 aliphatic carbocycles. The second-order valence-electron chi connectivity index (χ2n) is 4.49. The van der Waals surface area contributed by atoms with E-state index >= 15 is 0 Å². The van der Waals surface area contributed by atoms with Crippen LogP contribution in [0.2, 0.25) is 0 Å². The van der Waals surface area contributed by atoms with Gasteiger partial charge in [0.25, 0.3) is 0 Å². The van der Waals surface area contributed by atoms with Gasteiger partial charge in [0.2, 0.25) is 0 Å². The number of halogens is 4. The lowest BCUT2D eigenvalue weighted by atomic mass is 9.98. The Bertz CT molecular complexity index is 676. The molecule has 0 aliphatic heterocycles. The minimum Gasteiger partial charge on any atom is -0.462 e. The van der Waals surface area contributed by atoms with Gasteiger partial charge in [0, 0.05) is 0 Å². The quantitative estimate of drug-likeness (QED) is 0.607. The molecule has 0 bridgehead atoms. The third-order valence-electron chi connectivity index (χ3n) is 3.00. The van der Waals surface area contributed by atoms with Gasteiger partial charge in [0.1, 0.15) is 5.82 Å². The average molecular weight is 312 g/mol. The van der Waals surface area contributed by atoms with Gasteiger partial charge in [-0.3, -0.25) is 0 Å². The fraction of sp³-hybridized carbons (Fsp3) is 0.188. The first kappa shape index (κ1) is 16.0. The minimum absolute atomic E-state index is 0.0263. The standard InChI is InChI=1S/C16H12F4O2/c1-2-22-15(21)14-9-12(17)7-8-13(14)10-3-5-11(6-4-10)16(18,19)20/h3-9H,2H2,1H3. The van der Waals surface area contributed by atoms with Crippen molar-refractivity contribution in [3.05, 3.63) is 59.4 Å². The van der Waals surface area contributed by atoms with Gasteiger partial charge in [-0.05, 0) is 42.3 Å². The molecule has 22 heavy (non-hydrogen) atoms. The first-order valence-electron chi connectivity index (χ1n) is 6.47. The second-order valence-corrected chi connectivity index (χ2v) is 4.49. The molecule has 0 saturated carbocycles. The fourth-order valence-corrected chi connectivity index (χ4v) is 1.98. The van der Waals surface area contributed by atoms with Crippen molar-refractivity contribution in [3.63, 3.8) is 0 Å². The van der Waals surface area contributed by atoms with Crippen LogP contribution in [0.25, 0.3) is 11.1 Å². The third-order valence-corrected chi connectivity index (χ3v) is 3.00. The van der Waals surface area contributed by atoms with Gasteiger partial charge in [0.05, 0.1) is 17.7 Å². The average Bonchev–Trinajstić information content (AvgIpc) is 2.46. The second kappa shape index (κ2) is 6.17. The summed E-state index contributed by atoms with van der Waals surface area (Å²) < 4.78 is 55.8. The van der Waals surface area contributed by atoms with Gasteiger partial charge in [0.15, 0.2) is 0 Å². The maximum atomic E-state index is 13.3. The van der Waals surface area contributed by atoms with Gasteiger partial charge >= 0.3 is 12.1 Å². The summed E-state index contributed by atoms with van der Waals surface area (Å²) in [6.07, 6.45) is -4.44. The number of benzene rings is 2. The molecule has 2 aromatic rings. The molecule has 0 aromatic heterocycles. The summed E-state index contributed by atoms with van der Waals surface area (Å²) in [4.78, 5) is 11.8. The number of rotatable bonds is 3. The summed E-state index contributed by atoms with van der Waals surface area (Å²) in [6.45, 7) is 1.72. The zero-order valence-electron chi connectivity index (χ0n) is 11.6. The largest absolute Gasteiger partial charge is 0.462 e.